The summed E-state index contributed by atoms with van der Waals surface area (Å²) in [6.45, 7) is 3.84. The molecule has 3 atom stereocenters. The quantitative estimate of drug-likeness (QED) is 0.501. The lowest BCUT2D eigenvalue weighted by Gasteiger charge is -2.03. The van der Waals surface area contributed by atoms with E-state index < -0.39 is 0 Å². The molecule has 3 heteroatoms. The molecule has 0 unspecified atom stereocenters. The molecule has 1 aliphatic rings. The minimum atomic E-state index is -0.111. The second-order valence-corrected chi connectivity index (χ2v) is 2.56. The van der Waals surface area contributed by atoms with E-state index in [0.717, 1.165) is 6.42 Å². The fourth-order valence-corrected chi connectivity index (χ4v) is 1.17. The van der Waals surface area contributed by atoms with Gasteiger partial charge in [0.25, 0.3) is 0 Å². The summed E-state index contributed by atoms with van der Waals surface area (Å²) in [7, 11) is 0. The number of nitroso groups, excluding NO2 is 1. The molecule has 1 rings (SSSR count). The Labute approximate surface area is 54.4 Å². The molecule has 0 aromatic rings. The Morgan fingerprint density at radius 2 is 2.22 bits per heavy atom. The first-order valence-electron chi connectivity index (χ1n) is 3.22. The van der Waals surface area contributed by atoms with Crippen molar-refractivity contribution in [2.24, 2.45) is 5.18 Å². The van der Waals surface area contributed by atoms with Crippen molar-refractivity contribution in [3.05, 3.63) is 4.91 Å². The van der Waals surface area contributed by atoms with E-state index in [2.05, 4.69) is 5.18 Å². The van der Waals surface area contributed by atoms with Crippen LogP contribution in [0.5, 0.6) is 0 Å². The second kappa shape index (κ2) is 2.43. The van der Waals surface area contributed by atoms with E-state index in [-0.39, 0.29) is 18.2 Å². The van der Waals surface area contributed by atoms with Gasteiger partial charge in [-0.15, -0.1) is 0 Å². The maximum absolute atomic E-state index is 10.0. The van der Waals surface area contributed by atoms with E-state index in [9.17, 15) is 4.91 Å². The molecule has 0 aliphatic carbocycles. The maximum Gasteiger partial charge on any atom is 0.120 e. The molecule has 1 saturated heterocycles. The Bertz CT molecular complexity index is 116. The summed E-state index contributed by atoms with van der Waals surface area (Å²) >= 11 is 0. The van der Waals surface area contributed by atoms with Gasteiger partial charge in [0, 0.05) is 6.42 Å². The summed E-state index contributed by atoms with van der Waals surface area (Å²) in [5.74, 6) is 0. The minimum Gasteiger partial charge on any atom is -0.373 e. The zero-order chi connectivity index (χ0) is 6.85. The van der Waals surface area contributed by atoms with E-state index in [1.165, 1.54) is 0 Å². The standard InChI is InChI=1S/C6H11NO2/c1-4-3-6(7-8)5(2)9-4/h4-6H,3H2,1-2H3/t4-,5+,6-/m1/s1. The van der Waals surface area contributed by atoms with Crippen molar-refractivity contribution >= 4 is 0 Å². The van der Waals surface area contributed by atoms with Crippen LogP contribution in [0.2, 0.25) is 0 Å². The van der Waals surface area contributed by atoms with Crippen molar-refractivity contribution in [3.8, 4) is 0 Å². The van der Waals surface area contributed by atoms with E-state index in [4.69, 9.17) is 4.74 Å². The van der Waals surface area contributed by atoms with Crippen LogP contribution in [-0.2, 0) is 4.74 Å². The molecule has 1 aliphatic heterocycles. The maximum atomic E-state index is 10.0. The summed E-state index contributed by atoms with van der Waals surface area (Å²) in [6, 6.07) is -0.111. The van der Waals surface area contributed by atoms with Gasteiger partial charge in [-0.1, -0.05) is 5.18 Å². The van der Waals surface area contributed by atoms with Crippen LogP contribution in [0.15, 0.2) is 5.18 Å². The molecule has 1 fully saturated rings. The Kier molecular flexibility index (Phi) is 1.81. The van der Waals surface area contributed by atoms with Crippen LogP contribution in [-0.4, -0.2) is 18.2 Å². The van der Waals surface area contributed by atoms with Crippen molar-refractivity contribution in [1.29, 1.82) is 0 Å². The van der Waals surface area contributed by atoms with E-state index in [0.29, 0.717) is 0 Å². The third kappa shape index (κ3) is 1.27. The molecule has 1 heterocycles. The number of hydrogen-bond acceptors (Lipinski definition) is 3. The van der Waals surface area contributed by atoms with Gasteiger partial charge in [-0.25, -0.2) is 0 Å². The number of rotatable bonds is 1. The van der Waals surface area contributed by atoms with Crippen molar-refractivity contribution in [2.45, 2.75) is 38.5 Å². The van der Waals surface area contributed by atoms with Crippen molar-refractivity contribution in [2.75, 3.05) is 0 Å². The summed E-state index contributed by atoms with van der Waals surface area (Å²) in [6.07, 6.45) is 1.02. The Hall–Kier alpha value is -0.440. The van der Waals surface area contributed by atoms with Crippen molar-refractivity contribution < 1.29 is 4.74 Å². The molecule has 0 amide bonds. The van der Waals surface area contributed by atoms with Crippen LogP contribution in [0, 0.1) is 4.91 Å². The highest BCUT2D eigenvalue weighted by Crippen LogP contribution is 2.21. The topological polar surface area (TPSA) is 38.7 Å². The average molecular weight is 129 g/mol. The molecule has 52 valence electrons. The molecule has 0 aromatic heterocycles. The van der Waals surface area contributed by atoms with Crippen LogP contribution in [0.25, 0.3) is 0 Å². The molecule has 0 saturated carbocycles. The predicted octanol–water partition coefficient (Wildman–Crippen LogP) is 1.32. The molecular weight excluding hydrogens is 118 g/mol. The fourth-order valence-electron chi connectivity index (χ4n) is 1.17. The van der Waals surface area contributed by atoms with Crippen molar-refractivity contribution in [3.63, 3.8) is 0 Å². The molecule has 0 aromatic carbocycles. The largest absolute Gasteiger partial charge is 0.373 e. The number of hydrogen-bond donors (Lipinski definition) is 0. The zero-order valence-corrected chi connectivity index (χ0v) is 5.70. The molecule has 0 N–H and O–H groups in total. The SMILES string of the molecule is C[C@@H]1C[C@@H](N=O)[C@H](C)O1. The van der Waals surface area contributed by atoms with Gasteiger partial charge in [-0.05, 0) is 13.8 Å². The average Bonchev–Trinajstić information content (AvgIpc) is 2.10. The molecule has 0 spiro atoms. The smallest absolute Gasteiger partial charge is 0.120 e. The summed E-state index contributed by atoms with van der Waals surface area (Å²) in [5, 5.41) is 2.94. The predicted molar refractivity (Wildman–Crippen MR) is 34.2 cm³/mol. The van der Waals surface area contributed by atoms with Gasteiger partial charge >= 0.3 is 0 Å². The van der Waals surface area contributed by atoms with Crippen LogP contribution in [0.1, 0.15) is 20.3 Å². The highest BCUT2D eigenvalue weighted by atomic mass is 16.5. The summed E-state index contributed by atoms with van der Waals surface area (Å²) in [4.78, 5) is 10.0. The fraction of sp³-hybridized carbons (Fsp3) is 1.00. The second-order valence-electron chi connectivity index (χ2n) is 2.56. The van der Waals surface area contributed by atoms with Crippen LogP contribution >= 0.6 is 0 Å². The lowest BCUT2D eigenvalue weighted by atomic mass is 10.1. The minimum absolute atomic E-state index is 0.0255. The third-order valence-corrected chi connectivity index (χ3v) is 1.70. The van der Waals surface area contributed by atoms with Crippen LogP contribution in [0.4, 0.5) is 0 Å². The normalized spacial score (nSPS) is 43.1. The van der Waals surface area contributed by atoms with Crippen molar-refractivity contribution in [1.82, 2.24) is 0 Å². The van der Waals surface area contributed by atoms with E-state index in [1.807, 2.05) is 13.8 Å². The van der Waals surface area contributed by atoms with Crippen LogP contribution in [0.3, 0.4) is 0 Å². The van der Waals surface area contributed by atoms with E-state index in [1.54, 1.807) is 0 Å². The molecule has 9 heavy (non-hydrogen) atoms. The monoisotopic (exact) mass is 129 g/mol. The molecule has 0 radical (unpaired) electrons. The number of nitrogens with zero attached hydrogens (tertiary/aromatic N) is 1. The van der Waals surface area contributed by atoms with Gasteiger partial charge in [0.1, 0.15) is 6.04 Å². The van der Waals surface area contributed by atoms with Gasteiger partial charge < -0.3 is 4.74 Å². The molecule has 0 bridgehead atoms. The third-order valence-electron chi connectivity index (χ3n) is 1.70. The lowest BCUT2D eigenvalue weighted by molar-refractivity contribution is 0.0637. The van der Waals surface area contributed by atoms with Gasteiger partial charge in [0.2, 0.25) is 0 Å². The van der Waals surface area contributed by atoms with Gasteiger partial charge in [0.15, 0.2) is 0 Å². The Morgan fingerprint density at radius 3 is 2.44 bits per heavy atom. The van der Waals surface area contributed by atoms with Crippen LogP contribution < -0.4 is 0 Å². The highest BCUT2D eigenvalue weighted by molar-refractivity contribution is 4.82. The van der Waals surface area contributed by atoms with Gasteiger partial charge in [0.05, 0.1) is 12.2 Å². The van der Waals surface area contributed by atoms with Gasteiger partial charge in [-0.3, -0.25) is 0 Å². The Morgan fingerprint density at radius 1 is 1.56 bits per heavy atom. The molecule has 3 nitrogen and oxygen atoms in total. The zero-order valence-electron chi connectivity index (χ0n) is 5.70. The highest BCUT2D eigenvalue weighted by Gasteiger charge is 2.29. The summed E-state index contributed by atoms with van der Waals surface area (Å²) in [5.41, 5.74) is 0. The first kappa shape index (κ1) is 6.68. The lowest BCUT2D eigenvalue weighted by Crippen LogP contribution is -2.13. The number of ether oxygens (including phenoxy) is 1. The first-order valence-corrected chi connectivity index (χ1v) is 3.22. The van der Waals surface area contributed by atoms with E-state index >= 15 is 0 Å². The van der Waals surface area contributed by atoms with Gasteiger partial charge in [-0.2, -0.15) is 4.91 Å². The summed E-state index contributed by atoms with van der Waals surface area (Å²) < 4.78 is 5.27. The first-order chi connectivity index (χ1) is 4.24. The Balaban J connectivity index is 2.47. The molecular formula is C6H11NO2.